The number of rotatable bonds is 6. The Morgan fingerprint density at radius 2 is 2.14 bits per heavy atom. The smallest absolute Gasteiger partial charge is 0.223 e. The summed E-state index contributed by atoms with van der Waals surface area (Å²) in [6.45, 7) is 9.27. The van der Waals surface area contributed by atoms with E-state index < -0.39 is 0 Å². The number of hydrogen-bond donors (Lipinski definition) is 1. The van der Waals surface area contributed by atoms with Gasteiger partial charge < -0.3 is 10.2 Å². The second-order valence-electron chi connectivity index (χ2n) is 6.16. The van der Waals surface area contributed by atoms with Gasteiger partial charge in [-0.25, -0.2) is 0 Å². The van der Waals surface area contributed by atoms with E-state index >= 15 is 0 Å². The van der Waals surface area contributed by atoms with Gasteiger partial charge in [0.25, 0.3) is 0 Å². The van der Waals surface area contributed by atoms with Gasteiger partial charge in [0.15, 0.2) is 0 Å². The molecule has 1 amide bonds. The van der Waals surface area contributed by atoms with E-state index in [1.54, 1.807) is 0 Å². The molecule has 0 spiro atoms. The predicted octanol–water partition coefficient (Wildman–Crippen LogP) is 3.26. The summed E-state index contributed by atoms with van der Waals surface area (Å²) < 4.78 is 0. The van der Waals surface area contributed by atoms with Gasteiger partial charge in [0.2, 0.25) is 5.91 Å². The van der Waals surface area contributed by atoms with Crippen LogP contribution < -0.4 is 5.32 Å². The fourth-order valence-electron chi connectivity index (χ4n) is 3.17. The summed E-state index contributed by atoms with van der Waals surface area (Å²) in [6.07, 6.45) is 3.60. The van der Waals surface area contributed by atoms with Crippen LogP contribution in [0, 0.1) is 13.8 Å². The number of carbonyl (C=O) groups excluding carboxylic acids is 1. The first-order chi connectivity index (χ1) is 10.1. The third-order valence-corrected chi connectivity index (χ3v) is 4.37. The van der Waals surface area contributed by atoms with E-state index in [1.807, 2.05) is 0 Å². The van der Waals surface area contributed by atoms with Crippen molar-refractivity contribution in [2.75, 3.05) is 19.6 Å². The first kappa shape index (κ1) is 19.0. The molecule has 22 heavy (non-hydrogen) atoms. The zero-order chi connectivity index (χ0) is 15.2. The minimum absolute atomic E-state index is 0. The van der Waals surface area contributed by atoms with Crippen LogP contribution in [0.4, 0.5) is 0 Å². The molecule has 1 aliphatic rings. The molecule has 3 nitrogen and oxygen atoms in total. The minimum atomic E-state index is 0. The van der Waals surface area contributed by atoms with Gasteiger partial charge in [-0.05, 0) is 50.8 Å². The third kappa shape index (κ3) is 4.99. The van der Waals surface area contributed by atoms with Crippen molar-refractivity contribution in [2.24, 2.45) is 0 Å². The normalized spacial score (nSPS) is 17.1. The first-order valence-corrected chi connectivity index (χ1v) is 8.18. The monoisotopic (exact) mass is 324 g/mol. The second-order valence-corrected chi connectivity index (χ2v) is 6.16. The summed E-state index contributed by atoms with van der Waals surface area (Å²) in [5, 5.41) is 3.36. The van der Waals surface area contributed by atoms with Crippen molar-refractivity contribution >= 4 is 18.3 Å². The lowest BCUT2D eigenvalue weighted by Crippen LogP contribution is -2.42. The molecule has 2 rings (SSSR count). The van der Waals surface area contributed by atoms with Gasteiger partial charge in [-0.1, -0.05) is 30.7 Å². The van der Waals surface area contributed by atoms with Crippen molar-refractivity contribution in [3.05, 3.63) is 34.9 Å². The van der Waals surface area contributed by atoms with Crippen LogP contribution in [-0.2, 0) is 11.2 Å². The molecular weight excluding hydrogens is 296 g/mol. The Labute approximate surface area is 140 Å². The molecular formula is C18H29ClN2O. The fourth-order valence-corrected chi connectivity index (χ4v) is 3.17. The van der Waals surface area contributed by atoms with Gasteiger partial charge in [-0.3, -0.25) is 4.79 Å². The molecule has 1 saturated heterocycles. The number of amides is 1. The van der Waals surface area contributed by atoms with Crippen molar-refractivity contribution < 1.29 is 4.79 Å². The Balaban J connectivity index is 0.00000242. The molecule has 0 bridgehead atoms. The van der Waals surface area contributed by atoms with Crippen molar-refractivity contribution in [2.45, 2.75) is 52.5 Å². The molecule has 124 valence electrons. The zero-order valence-electron chi connectivity index (χ0n) is 14.0. The first-order valence-electron chi connectivity index (χ1n) is 8.18. The van der Waals surface area contributed by atoms with Crippen LogP contribution in [0.2, 0.25) is 0 Å². The summed E-state index contributed by atoms with van der Waals surface area (Å²) in [6, 6.07) is 6.90. The van der Waals surface area contributed by atoms with Gasteiger partial charge >= 0.3 is 0 Å². The van der Waals surface area contributed by atoms with Gasteiger partial charge in [0.05, 0.1) is 0 Å². The number of hydrogen-bond acceptors (Lipinski definition) is 2. The average molecular weight is 325 g/mol. The summed E-state index contributed by atoms with van der Waals surface area (Å²) in [7, 11) is 0. The van der Waals surface area contributed by atoms with Crippen molar-refractivity contribution in [1.29, 1.82) is 0 Å². The standard InChI is InChI=1S/C18H28N2O.ClH/c1-4-11-20(17-9-10-19-13-17)18(21)8-7-16-6-5-14(2)12-15(16)3;/h5-6,12,17,19H,4,7-11,13H2,1-3H3;1H. The van der Waals surface area contributed by atoms with Crippen LogP contribution >= 0.6 is 12.4 Å². The third-order valence-electron chi connectivity index (χ3n) is 4.37. The summed E-state index contributed by atoms with van der Waals surface area (Å²) in [5.41, 5.74) is 3.88. The van der Waals surface area contributed by atoms with Crippen LogP contribution in [0.1, 0.15) is 42.9 Å². The Kier molecular flexibility index (Phi) is 7.91. The van der Waals surface area contributed by atoms with Crippen molar-refractivity contribution in [1.82, 2.24) is 10.2 Å². The maximum atomic E-state index is 12.6. The molecule has 1 atom stereocenters. The van der Waals surface area contributed by atoms with Crippen molar-refractivity contribution in [3.63, 3.8) is 0 Å². The molecule has 1 N–H and O–H groups in total. The quantitative estimate of drug-likeness (QED) is 0.871. The number of carbonyl (C=O) groups is 1. The van der Waals surface area contributed by atoms with Crippen molar-refractivity contribution in [3.8, 4) is 0 Å². The summed E-state index contributed by atoms with van der Waals surface area (Å²) in [5.74, 6) is 0.311. The lowest BCUT2D eigenvalue weighted by Gasteiger charge is -2.28. The minimum Gasteiger partial charge on any atom is -0.338 e. The predicted molar refractivity (Wildman–Crippen MR) is 94.8 cm³/mol. The van der Waals surface area contributed by atoms with Crippen LogP contribution in [0.3, 0.4) is 0 Å². The Hall–Kier alpha value is -1.06. The lowest BCUT2D eigenvalue weighted by atomic mass is 10.0. The van der Waals surface area contributed by atoms with Gasteiger partial charge in [0.1, 0.15) is 0 Å². The van der Waals surface area contributed by atoms with Gasteiger partial charge in [-0.15, -0.1) is 12.4 Å². The molecule has 4 heteroatoms. The molecule has 1 aliphatic heterocycles. The van der Waals surface area contributed by atoms with Gasteiger partial charge in [-0.2, -0.15) is 0 Å². The van der Waals surface area contributed by atoms with Gasteiger partial charge in [0, 0.05) is 25.6 Å². The zero-order valence-corrected chi connectivity index (χ0v) is 14.8. The molecule has 1 aromatic rings. The lowest BCUT2D eigenvalue weighted by molar-refractivity contribution is -0.133. The maximum absolute atomic E-state index is 12.6. The number of benzene rings is 1. The van der Waals surface area contributed by atoms with E-state index in [4.69, 9.17) is 0 Å². The highest BCUT2D eigenvalue weighted by molar-refractivity contribution is 5.85. The highest BCUT2D eigenvalue weighted by Crippen LogP contribution is 2.16. The molecule has 0 aromatic heterocycles. The van der Waals surface area contributed by atoms with E-state index in [-0.39, 0.29) is 12.4 Å². The number of nitrogens with zero attached hydrogens (tertiary/aromatic N) is 1. The van der Waals surface area contributed by atoms with E-state index in [2.05, 4.69) is 49.2 Å². The molecule has 1 aromatic carbocycles. The molecule has 1 unspecified atom stereocenters. The SMILES string of the molecule is CCCN(C(=O)CCc1ccc(C)cc1C)C1CCNC1.Cl. The Morgan fingerprint density at radius 1 is 1.36 bits per heavy atom. The number of halogens is 1. The number of nitrogens with one attached hydrogen (secondary N) is 1. The molecule has 0 saturated carbocycles. The Bertz CT molecular complexity index is 484. The van der Waals surface area contributed by atoms with E-state index in [0.717, 1.165) is 38.9 Å². The number of aryl methyl sites for hydroxylation is 3. The molecule has 0 aliphatic carbocycles. The highest BCUT2D eigenvalue weighted by Gasteiger charge is 2.25. The fraction of sp³-hybridized carbons (Fsp3) is 0.611. The van der Waals surface area contributed by atoms with Crippen LogP contribution in [-0.4, -0.2) is 36.5 Å². The largest absolute Gasteiger partial charge is 0.338 e. The van der Waals surface area contributed by atoms with Crippen LogP contribution in [0.25, 0.3) is 0 Å². The molecule has 1 fully saturated rings. The molecule has 0 radical (unpaired) electrons. The van der Waals surface area contributed by atoms with Crippen LogP contribution in [0.15, 0.2) is 18.2 Å². The average Bonchev–Trinajstić information content (AvgIpc) is 2.97. The van der Waals surface area contributed by atoms with E-state index in [0.29, 0.717) is 18.4 Å². The summed E-state index contributed by atoms with van der Waals surface area (Å²) in [4.78, 5) is 14.7. The summed E-state index contributed by atoms with van der Waals surface area (Å²) >= 11 is 0. The maximum Gasteiger partial charge on any atom is 0.223 e. The van der Waals surface area contributed by atoms with Crippen LogP contribution in [0.5, 0.6) is 0 Å². The topological polar surface area (TPSA) is 32.3 Å². The Morgan fingerprint density at radius 3 is 2.73 bits per heavy atom. The van der Waals surface area contributed by atoms with E-state index in [9.17, 15) is 4.79 Å². The van der Waals surface area contributed by atoms with E-state index in [1.165, 1.54) is 16.7 Å². The molecule has 1 heterocycles. The second kappa shape index (κ2) is 9.16. The highest BCUT2D eigenvalue weighted by atomic mass is 35.5.